The van der Waals surface area contributed by atoms with E-state index >= 15 is 0 Å². The molecule has 0 spiro atoms. The van der Waals surface area contributed by atoms with Gasteiger partial charge >= 0.3 is 0 Å². The van der Waals surface area contributed by atoms with Gasteiger partial charge in [0.05, 0.1) is 9.16 Å². The highest BCUT2D eigenvalue weighted by Crippen LogP contribution is 2.39. The molecule has 0 saturated heterocycles. The molecule has 1 aromatic heterocycles. The highest BCUT2D eigenvalue weighted by molar-refractivity contribution is 9.11. The molecule has 84 valence electrons. The van der Waals surface area contributed by atoms with Crippen molar-refractivity contribution >= 4 is 54.8 Å². The fourth-order valence-electron chi connectivity index (χ4n) is 1.56. The molecule has 0 fully saturated rings. The number of benzene rings is 1. The molecule has 0 amide bonds. The molecule has 2 rings (SSSR count). The first-order chi connectivity index (χ1) is 7.59. The van der Waals surface area contributed by atoms with Crippen LogP contribution in [0.25, 0.3) is 0 Å². The van der Waals surface area contributed by atoms with Crippen molar-refractivity contribution in [3.8, 4) is 0 Å². The smallest absolute Gasteiger partial charge is 0.0857 e. The molecule has 1 aromatic carbocycles. The molecule has 0 aliphatic carbocycles. The van der Waals surface area contributed by atoms with Crippen molar-refractivity contribution in [1.29, 1.82) is 0 Å². The van der Waals surface area contributed by atoms with E-state index in [1.54, 1.807) is 11.3 Å². The van der Waals surface area contributed by atoms with Gasteiger partial charge in [-0.3, -0.25) is 0 Å². The third kappa shape index (κ3) is 2.53. The Morgan fingerprint density at radius 1 is 1.19 bits per heavy atom. The number of hydrogen-bond acceptors (Lipinski definition) is 1. The molecule has 1 unspecified atom stereocenters. The van der Waals surface area contributed by atoms with E-state index in [4.69, 9.17) is 11.6 Å². The second-order valence-corrected chi connectivity index (χ2v) is 7.37. The molecular weight excluding hydrogens is 371 g/mol. The second kappa shape index (κ2) is 5.21. The molecule has 1 heterocycles. The molecule has 0 N–H and O–H groups in total. The maximum Gasteiger partial charge on any atom is 0.0857 e. The first kappa shape index (κ1) is 12.6. The zero-order chi connectivity index (χ0) is 11.7. The van der Waals surface area contributed by atoms with Crippen LogP contribution in [0.1, 0.15) is 21.4 Å². The Kier molecular flexibility index (Phi) is 4.11. The minimum atomic E-state index is -0.0990. The maximum atomic E-state index is 6.51. The zero-order valence-corrected chi connectivity index (χ0v) is 13.3. The van der Waals surface area contributed by atoms with E-state index in [1.165, 1.54) is 10.4 Å². The monoisotopic (exact) mass is 378 g/mol. The third-order valence-electron chi connectivity index (χ3n) is 2.38. The molecule has 0 bridgehead atoms. The summed E-state index contributed by atoms with van der Waals surface area (Å²) in [6.07, 6.45) is 0. The van der Waals surface area contributed by atoms with Gasteiger partial charge in [-0.05, 0) is 46.1 Å². The van der Waals surface area contributed by atoms with Gasteiger partial charge in [0.1, 0.15) is 0 Å². The predicted octanol–water partition coefficient (Wildman–Crippen LogP) is 5.91. The first-order valence-corrected chi connectivity index (χ1v) is 7.58. The molecule has 0 nitrogen and oxygen atoms in total. The van der Waals surface area contributed by atoms with E-state index in [9.17, 15) is 0 Å². The molecule has 2 aromatic rings. The molecule has 1 atom stereocenters. The highest BCUT2D eigenvalue weighted by Gasteiger charge is 2.17. The Morgan fingerprint density at radius 3 is 2.44 bits per heavy atom. The van der Waals surface area contributed by atoms with E-state index in [2.05, 4.69) is 44.8 Å². The Balaban J connectivity index is 2.43. The topological polar surface area (TPSA) is 0 Å². The standard InChI is InChI=1S/C12H9Br2ClS/c1-7-9(6-11(14)16-7)12(15)8-4-2-3-5-10(8)13/h2-6,12H,1H3. The first-order valence-electron chi connectivity index (χ1n) is 4.74. The molecular formula is C12H9Br2ClS. The van der Waals surface area contributed by atoms with Crippen LogP contribution in [-0.2, 0) is 0 Å². The Labute approximate surface area is 121 Å². The number of thiophene rings is 1. The largest absolute Gasteiger partial charge is 0.133 e. The lowest BCUT2D eigenvalue weighted by Crippen LogP contribution is -1.94. The summed E-state index contributed by atoms with van der Waals surface area (Å²) in [7, 11) is 0. The number of rotatable bonds is 2. The molecule has 0 aliphatic rings. The van der Waals surface area contributed by atoms with Crippen molar-refractivity contribution in [3.63, 3.8) is 0 Å². The quantitative estimate of drug-likeness (QED) is 0.568. The summed E-state index contributed by atoms with van der Waals surface area (Å²) in [4.78, 5) is 1.25. The van der Waals surface area contributed by atoms with E-state index in [1.807, 2.05) is 24.3 Å². The van der Waals surface area contributed by atoms with Crippen LogP contribution in [0.15, 0.2) is 38.6 Å². The summed E-state index contributed by atoms with van der Waals surface area (Å²) >= 11 is 15.2. The third-order valence-corrected chi connectivity index (χ3v) is 5.14. The van der Waals surface area contributed by atoms with Crippen molar-refractivity contribution in [2.24, 2.45) is 0 Å². The normalized spacial score (nSPS) is 12.8. The van der Waals surface area contributed by atoms with Crippen LogP contribution in [-0.4, -0.2) is 0 Å². The predicted molar refractivity (Wildman–Crippen MR) is 78.6 cm³/mol. The summed E-state index contributed by atoms with van der Waals surface area (Å²) in [6.45, 7) is 2.09. The van der Waals surface area contributed by atoms with Gasteiger partial charge in [-0.15, -0.1) is 22.9 Å². The number of alkyl halides is 1. The highest BCUT2D eigenvalue weighted by atomic mass is 79.9. The SMILES string of the molecule is Cc1sc(Br)cc1C(Cl)c1ccccc1Br. The summed E-state index contributed by atoms with van der Waals surface area (Å²) in [5, 5.41) is -0.0990. The van der Waals surface area contributed by atoms with Gasteiger partial charge in [-0.2, -0.15) is 0 Å². The summed E-state index contributed by atoms with van der Waals surface area (Å²) in [5.74, 6) is 0. The van der Waals surface area contributed by atoms with Crippen molar-refractivity contribution in [3.05, 3.63) is 54.6 Å². The molecule has 0 aliphatic heterocycles. The number of hydrogen-bond donors (Lipinski definition) is 0. The van der Waals surface area contributed by atoms with E-state index < -0.39 is 0 Å². The fourth-order valence-corrected chi connectivity index (χ4v) is 4.43. The van der Waals surface area contributed by atoms with Crippen LogP contribution in [0.3, 0.4) is 0 Å². The fraction of sp³-hybridized carbons (Fsp3) is 0.167. The lowest BCUT2D eigenvalue weighted by atomic mass is 10.1. The average molecular weight is 381 g/mol. The van der Waals surface area contributed by atoms with Crippen molar-refractivity contribution in [1.82, 2.24) is 0 Å². The van der Waals surface area contributed by atoms with Crippen LogP contribution in [0.4, 0.5) is 0 Å². The number of halogens is 3. The Morgan fingerprint density at radius 2 is 1.88 bits per heavy atom. The van der Waals surface area contributed by atoms with Gasteiger partial charge in [-0.1, -0.05) is 34.1 Å². The minimum absolute atomic E-state index is 0.0990. The summed E-state index contributed by atoms with van der Waals surface area (Å²) in [5.41, 5.74) is 2.28. The van der Waals surface area contributed by atoms with Gasteiger partial charge in [0, 0.05) is 9.35 Å². The summed E-state index contributed by atoms with van der Waals surface area (Å²) in [6, 6.07) is 10.2. The van der Waals surface area contributed by atoms with Crippen molar-refractivity contribution in [2.75, 3.05) is 0 Å². The van der Waals surface area contributed by atoms with Crippen LogP contribution in [0, 0.1) is 6.92 Å². The lowest BCUT2D eigenvalue weighted by Gasteiger charge is -2.11. The lowest BCUT2D eigenvalue weighted by molar-refractivity contribution is 1.12. The van der Waals surface area contributed by atoms with E-state index in [0.717, 1.165) is 13.8 Å². The minimum Gasteiger partial charge on any atom is -0.133 e. The maximum absolute atomic E-state index is 6.51. The van der Waals surface area contributed by atoms with Crippen LogP contribution < -0.4 is 0 Å². The zero-order valence-electron chi connectivity index (χ0n) is 8.51. The van der Waals surface area contributed by atoms with Crippen molar-refractivity contribution < 1.29 is 0 Å². The van der Waals surface area contributed by atoms with Crippen molar-refractivity contribution in [2.45, 2.75) is 12.3 Å². The van der Waals surface area contributed by atoms with Gasteiger partial charge in [0.15, 0.2) is 0 Å². The van der Waals surface area contributed by atoms with E-state index in [0.29, 0.717) is 0 Å². The number of aryl methyl sites for hydroxylation is 1. The van der Waals surface area contributed by atoms with Crippen LogP contribution >= 0.6 is 54.8 Å². The van der Waals surface area contributed by atoms with Gasteiger partial charge < -0.3 is 0 Å². The average Bonchev–Trinajstić information content (AvgIpc) is 2.58. The Hall–Kier alpha value is 0.170. The van der Waals surface area contributed by atoms with Gasteiger partial charge in [0.2, 0.25) is 0 Å². The van der Waals surface area contributed by atoms with Gasteiger partial charge in [-0.25, -0.2) is 0 Å². The molecule has 0 saturated carbocycles. The second-order valence-electron chi connectivity index (χ2n) is 3.45. The van der Waals surface area contributed by atoms with Crippen LogP contribution in [0.2, 0.25) is 0 Å². The Bertz CT molecular complexity index is 507. The molecule has 4 heteroatoms. The molecule has 0 radical (unpaired) electrons. The van der Waals surface area contributed by atoms with Crippen LogP contribution in [0.5, 0.6) is 0 Å². The molecule has 16 heavy (non-hydrogen) atoms. The summed E-state index contributed by atoms with van der Waals surface area (Å²) < 4.78 is 2.18. The van der Waals surface area contributed by atoms with E-state index in [-0.39, 0.29) is 5.38 Å². The van der Waals surface area contributed by atoms with Gasteiger partial charge in [0.25, 0.3) is 0 Å².